The van der Waals surface area contributed by atoms with E-state index < -0.39 is 6.43 Å². The van der Waals surface area contributed by atoms with Crippen molar-refractivity contribution in [1.82, 2.24) is 0 Å². The molecule has 0 nitrogen and oxygen atoms in total. The van der Waals surface area contributed by atoms with Crippen molar-refractivity contribution in [2.24, 2.45) is 0 Å². The first kappa shape index (κ1) is 10.5. The Morgan fingerprint density at radius 1 is 1.23 bits per heavy atom. The van der Waals surface area contributed by atoms with Gasteiger partial charge in [0, 0.05) is 11.4 Å². The molecule has 0 saturated carbocycles. The minimum atomic E-state index is -2.24. The molecule has 1 unspecified atom stereocenters. The summed E-state index contributed by atoms with van der Waals surface area (Å²) in [6.45, 7) is 1.79. The zero-order valence-electron chi connectivity index (χ0n) is 7.31. The quantitative estimate of drug-likeness (QED) is 0.696. The summed E-state index contributed by atoms with van der Waals surface area (Å²) in [5, 5.41) is 0.632. The highest BCUT2D eigenvalue weighted by atomic mass is 35.5. The van der Waals surface area contributed by atoms with E-state index in [2.05, 4.69) is 0 Å². The van der Waals surface area contributed by atoms with E-state index in [1.165, 1.54) is 0 Å². The fraction of sp³-hybridized carbons (Fsp3) is 0.400. The normalized spacial score (nSPS) is 13.3. The average molecular weight is 205 g/mol. The predicted octanol–water partition coefficient (Wildman–Crippen LogP) is 4.10. The summed E-state index contributed by atoms with van der Waals surface area (Å²) in [7, 11) is 0. The molecule has 0 spiro atoms. The van der Waals surface area contributed by atoms with Gasteiger partial charge < -0.3 is 0 Å². The van der Waals surface area contributed by atoms with Gasteiger partial charge in [0.05, 0.1) is 0 Å². The number of hydrogen-bond donors (Lipinski definition) is 0. The molecule has 0 N–H and O–H groups in total. The summed E-state index contributed by atoms with van der Waals surface area (Å²) in [5.74, 6) is -0.114. The third kappa shape index (κ3) is 3.31. The van der Waals surface area contributed by atoms with Crippen molar-refractivity contribution in [2.75, 3.05) is 0 Å². The van der Waals surface area contributed by atoms with E-state index >= 15 is 0 Å². The van der Waals surface area contributed by atoms with Crippen LogP contribution in [0.2, 0.25) is 5.02 Å². The summed E-state index contributed by atoms with van der Waals surface area (Å²) in [4.78, 5) is 0. The van der Waals surface area contributed by atoms with E-state index in [0.717, 1.165) is 5.56 Å². The molecule has 0 fully saturated rings. The number of alkyl halides is 2. The highest BCUT2D eigenvalue weighted by Crippen LogP contribution is 2.23. The van der Waals surface area contributed by atoms with Crippen LogP contribution in [0.25, 0.3) is 0 Å². The maximum atomic E-state index is 12.0. The highest BCUT2D eigenvalue weighted by Gasteiger charge is 2.11. The molecule has 0 aliphatic rings. The smallest absolute Gasteiger partial charge is 0.211 e. The molecule has 0 amide bonds. The van der Waals surface area contributed by atoms with Crippen molar-refractivity contribution in [3.05, 3.63) is 34.9 Å². The van der Waals surface area contributed by atoms with Crippen LogP contribution in [-0.2, 0) is 0 Å². The molecule has 0 aliphatic heterocycles. The van der Waals surface area contributed by atoms with Gasteiger partial charge in [0.1, 0.15) is 0 Å². The lowest BCUT2D eigenvalue weighted by atomic mass is 9.98. The summed E-state index contributed by atoms with van der Waals surface area (Å²) >= 11 is 5.67. The molecular weight excluding hydrogens is 194 g/mol. The van der Waals surface area contributed by atoms with Crippen LogP contribution >= 0.6 is 11.6 Å². The first-order chi connectivity index (χ1) is 6.09. The van der Waals surface area contributed by atoms with Crippen molar-refractivity contribution in [1.29, 1.82) is 0 Å². The lowest BCUT2D eigenvalue weighted by molar-refractivity contribution is 0.130. The minimum absolute atomic E-state index is 0.0956. The Balaban J connectivity index is 2.66. The predicted molar refractivity (Wildman–Crippen MR) is 50.5 cm³/mol. The van der Waals surface area contributed by atoms with Crippen LogP contribution in [0.4, 0.5) is 8.78 Å². The largest absolute Gasteiger partial charge is 0.239 e. The molecule has 1 atom stereocenters. The molecule has 3 heteroatoms. The Hall–Kier alpha value is -0.630. The van der Waals surface area contributed by atoms with E-state index in [1.54, 1.807) is 31.2 Å². The Morgan fingerprint density at radius 3 is 2.23 bits per heavy atom. The molecule has 0 saturated heterocycles. The lowest BCUT2D eigenvalue weighted by Gasteiger charge is -2.10. The lowest BCUT2D eigenvalue weighted by Crippen LogP contribution is -2.00. The van der Waals surface area contributed by atoms with Crippen LogP contribution in [0.5, 0.6) is 0 Å². The summed E-state index contributed by atoms with van der Waals surface area (Å²) < 4.78 is 24.0. The standard InChI is InChI=1S/C10H11ClF2/c1-7(6-10(12)13)8-2-4-9(11)5-3-8/h2-5,7,10H,6H2,1H3. The molecule has 1 aromatic rings. The molecule has 1 aromatic carbocycles. The molecule has 72 valence electrons. The van der Waals surface area contributed by atoms with Crippen LogP contribution < -0.4 is 0 Å². The Labute approximate surface area is 81.5 Å². The molecule has 13 heavy (non-hydrogen) atoms. The molecule has 0 aliphatic carbocycles. The van der Waals surface area contributed by atoms with Crippen LogP contribution in [0.15, 0.2) is 24.3 Å². The van der Waals surface area contributed by atoms with Crippen molar-refractivity contribution >= 4 is 11.6 Å². The van der Waals surface area contributed by atoms with Crippen molar-refractivity contribution in [3.63, 3.8) is 0 Å². The Bertz CT molecular complexity index is 256. The van der Waals surface area contributed by atoms with E-state index in [-0.39, 0.29) is 12.3 Å². The Morgan fingerprint density at radius 2 is 1.77 bits per heavy atom. The summed E-state index contributed by atoms with van der Waals surface area (Å²) in [5.41, 5.74) is 0.907. The monoisotopic (exact) mass is 204 g/mol. The van der Waals surface area contributed by atoms with Gasteiger partial charge in [0.2, 0.25) is 6.43 Å². The van der Waals surface area contributed by atoms with E-state index in [9.17, 15) is 8.78 Å². The third-order valence-electron chi connectivity index (χ3n) is 1.97. The zero-order chi connectivity index (χ0) is 9.84. The SMILES string of the molecule is CC(CC(F)F)c1ccc(Cl)cc1. The number of halogens is 3. The second-order valence-corrected chi connectivity index (χ2v) is 3.52. The first-order valence-corrected chi connectivity index (χ1v) is 4.51. The Kier molecular flexibility index (Phi) is 3.67. The molecular formula is C10H11ClF2. The minimum Gasteiger partial charge on any atom is -0.211 e. The van der Waals surface area contributed by atoms with Crippen LogP contribution in [-0.4, -0.2) is 6.43 Å². The van der Waals surface area contributed by atoms with Crippen molar-refractivity contribution in [3.8, 4) is 0 Å². The van der Waals surface area contributed by atoms with Crippen molar-refractivity contribution in [2.45, 2.75) is 25.7 Å². The van der Waals surface area contributed by atoms with Gasteiger partial charge in [-0.1, -0.05) is 30.7 Å². The summed E-state index contributed by atoms with van der Waals surface area (Å²) in [6, 6.07) is 7.02. The molecule has 0 aromatic heterocycles. The van der Waals surface area contributed by atoms with Gasteiger partial charge >= 0.3 is 0 Å². The van der Waals surface area contributed by atoms with Gasteiger partial charge in [0.15, 0.2) is 0 Å². The van der Waals surface area contributed by atoms with E-state index in [1.807, 2.05) is 0 Å². The highest BCUT2D eigenvalue weighted by molar-refractivity contribution is 6.30. The van der Waals surface area contributed by atoms with E-state index in [0.29, 0.717) is 5.02 Å². The van der Waals surface area contributed by atoms with Gasteiger partial charge in [0.25, 0.3) is 0 Å². The molecule has 0 radical (unpaired) electrons. The van der Waals surface area contributed by atoms with Gasteiger partial charge in [-0.25, -0.2) is 8.78 Å². The second-order valence-electron chi connectivity index (χ2n) is 3.08. The number of hydrogen-bond acceptors (Lipinski definition) is 0. The van der Waals surface area contributed by atoms with Crippen molar-refractivity contribution < 1.29 is 8.78 Å². The van der Waals surface area contributed by atoms with Gasteiger partial charge in [-0.2, -0.15) is 0 Å². The van der Waals surface area contributed by atoms with Crippen LogP contribution in [0.3, 0.4) is 0 Å². The van der Waals surface area contributed by atoms with Gasteiger partial charge in [-0.3, -0.25) is 0 Å². The molecule has 1 rings (SSSR count). The van der Waals surface area contributed by atoms with Crippen LogP contribution in [0.1, 0.15) is 24.8 Å². The average Bonchev–Trinajstić information content (AvgIpc) is 2.04. The summed E-state index contributed by atoms with van der Waals surface area (Å²) in [6.07, 6.45) is -2.34. The topological polar surface area (TPSA) is 0 Å². The molecule has 0 bridgehead atoms. The first-order valence-electron chi connectivity index (χ1n) is 4.13. The van der Waals surface area contributed by atoms with Crippen LogP contribution in [0, 0.1) is 0 Å². The maximum Gasteiger partial charge on any atom is 0.239 e. The van der Waals surface area contributed by atoms with Gasteiger partial charge in [-0.15, -0.1) is 0 Å². The maximum absolute atomic E-state index is 12.0. The van der Waals surface area contributed by atoms with Gasteiger partial charge in [-0.05, 0) is 23.6 Å². The zero-order valence-corrected chi connectivity index (χ0v) is 8.06. The second kappa shape index (κ2) is 4.56. The number of rotatable bonds is 3. The fourth-order valence-corrected chi connectivity index (χ4v) is 1.32. The molecule has 0 heterocycles. The number of benzene rings is 1. The fourth-order valence-electron chi connectivity index (χ4n) is 1.19. The third-order valence-corrected chi connectivity index (χ3v) is 2.22. The van der Waals surface area contributed by atoms with E-state index in [4.69, 9.17) is 11.6 Å².